The van der Waals surface area contributed by atoms with Crippen molar-refractivity contribution in [2.75, 3.05) is 7.11 Å². The number of nitrogens with zero attached hydrogens (tertiary/aromatic N) is 1. The first kappa shape index (κ1) is 12.6. The Morgan fingerprint density at radius 2 is 2.29 bits per heavy atom. The quantitative estimate of drug-likeness (QED) is 0.766. The van der Waals surface area contributed by atoms with Gasteiger partial charge in [-0.15, -0.1) is 23.1 Å². The van der Waals surface area contributed by atoms with E-state index in [4.69, 9.17) is 4.74 Å². The molecule has 4 heteroatoms. The molecule has 0 N–H and O–H groups in total. The third kappa shape index (κ3) is 3.84. The molecule has 0 aliphatic carbocycles. The zero-order valence-corrected chi connectivity index (χ0v) is 11.6. The van der Waals surface area contributed by atoms with Gasteiger partial charge in [0, 0.05) is 17.4 Å². The summed E-state index contributed by atoms with van der Waals surface area (Å²) in [6.45, 7) is 2.72. The Hall–Kier alpha value is -0.840. The molecule has 2 rings (SSSR count). The molecule has 1 aromatic heterocycles. The Bertz CT molecular complexity index is 482. The maximum atomic E-state index is 5.06. The van der Waals surface area contributed by atoms with Crippen molar-refractivity contribution in [2.45, 2.75) is 24.2 Å². The van der Waals surface area contributed by atoms with Gasteiger partial charge in [-0.05, 0) is 19.1 Å². The summed E-state index contributed by atoms with van der Waals surface area (Å²) in [5, 5.41) is 3.22. The van der Waals surface area contributed by atoms with Gasteiger partial charge in [-0.25, -0.2) is 4.98 Å². The third-order valence-corrected chi connectivity index (χ3v) is 4.33. The van der Waals surface area contributed by atoms with Crippen LogP contribution in [0, 0.1) is 6.92 Å². The fourth-order valence-corrected chi connectivity index (χ4v) is 3.29. The standard InChI is InChI=1S/C13H15NOS2/c1-10-4-3-5-12(6-10)16-9-13-14-11(7-15-2)8-17-13/h3-6,8H,7,9H2,1-2H3. The van der Waals surface area contributed by atoms with Gasteiger partial charge in [0.1, 0.15) is 5.01 Å². The lowest BCUT2D eigenvalue weighted by atomic mass is 10.2. The molecule has 2 nitrogen and oxygen atoms in total. The predicted octanol–water partition coefficient (Wildman–Crippen LogP) is 3.89. The Labute approximate surface area is 110 Å². The molecule has 0 amide bonds. The molecule has 2 aromatic rings. The number of aromatic nitrogens is 1. The van der Waals surface area contributed by atoms with E-state index in [0.29, 0.717) is 6.61 Å². The topological polar surface area (TPSA) is 22.1 Å². The lowest BCUT2D eigenvalue weighted by molar-refractivity contribution is 0.182. The van der Waals surface area contributed by atoms with Crippen molar-refractivity contribution < 1.29 is 4.74 Å². The number of aryl methyl sites for hydroxylation is 1. The normalized spacial score (nSPS) is 10.7. The molecular weight excluding hydrogens is 250 g/mol. The van der Waals surface area contributed by atoms with Gasteiger partial charge < -0.3 is 4.74 Å². The summed E-state index contributed by atoms with van der Waals surface area (Å²) in [6.07, 6.45) is 0. The maximum absolute atomic E-state index is 5.06. The molecule has 0 fully saturated rings. The average molecular weight is 265 g/mol. The van der Waals surface area contributed by atoms with Crippen molar-refractivity contribution in [1.82, 2.24) is 4.98 Å². The first-order valence-corrected chi connectivity index (χ1v) is 7.26. The molecule has 0 unspecified atom stereocenters. The third-order valence-electron chi connectivity index (χ3n) is 2.24. The van der Waals surface area contributed by atoms with Crippen LogP contribution in [0.4, 0.5) is 0 Å². The zero-order chi connectivity index (χ0) is 12.1. The van der Waals surface area contributed by atoms with Crippen LogP contribution in [-0.2, 0) is 17.1 Å². The van der Waals surface area contributed by atoms with E-state index in [-0.39, 0.29) is 0 Å². The number of thiazole rings is 1. The molecule has 0 aliphatic rings. The fraction of sp³-hybridized carbons (Fsp3) is 0.308. The van der Waals surface area contributed by atoms with Gasteiger partial charge >= 0.3 is 0 Å². The summed E-state index contributed by atoms with van der Waals surface area (Å²) in [4.78, 5) is 5.81. The number of hydrogen-bond acceptors (Lipinski definition) is 4. The first-order chi connectivity index (χ1) is 8.28. The lowest BCUT2D eigenvalue weighted by Crippen LogP contribution is -1.88. The van der Waals surface area contributed by atoms with Gasteiger partial charge in [-0.1, -0.05) is 17.7 Å². The van der Waals surface area contributed by atoms with Crippen LogP contribution in [0.2, 0.25) is 0 Å². The van der Waals surface area contributed by atoms with E-state index in [9.17, 15) is 0 Å². The van der Waals surface area contributed by atoms with Gasteiger partial charge in [0.05, 0.1) is 18.1 Å². The van der Waals surface area contributed by atoms with Crippen LogP contribution in [0.5, 0.6) is 0 Å². The second-order valence-electron chi connectivity index (χ2n) is 3.77. The molecule has 0 atom stereocenters. The van der Waals surface area contributed by atoms with Gasteiger partial charge in [-0.3, -0.25) is 0 Å². The number of benzene rings is 1. The first-order valence-electron chi connectivity index (χ1n) is 5.39. The smallest absolute Gasteiger partial charge is 0.103 e. The minimum atomic E-state index is 0.603. The van der Waals surface area contributed by atoms with Crippen LogP contribution in [-0.4, -0.2) is 12.1 Å². The summed E-state index contributed by atoms with van der Waals surface area (Å²) in [6, 6.07) is 8.55. The van der Waals surface area contributed by atoms with Crippen molar-refractivity contribution in [3.8, 4) is 0 Å². The van der Waals surface area contributed by atoms with Crippen LogP contribution in [0.1, 0.15) is 16.3 Å². The van der Waals surface area contributed by atoms with Crippen molar-refractivity contribution in [3.63, 3.8) is 0 Å². The van der Waals surface area contributed by atoms with Gasteiger partial charge in [0.2, 0.25) is 0 Å². The highest BCUT2D eigenvalue weighted by atomic mass is 32.2. The van der Waals surface area contributed by atoms with Crippen LogP contribution < -0.4 is 0 Å². The fourth-order valence-electron chi connectivity index (χ4n) is 1.48. The monoisotopic (exact) mass is 265 g/mol. The van der Waals surface area contributed by atoms with Crippen molar-refractivity contribution >= 4 is 23.1 Å². The van der Waals surface area contributed by atoms with Crippen LogP contribution >= 0.6 is 23.1 Å². The summed E-state index contributed by atoms with van der Waals surface area (Å²) >= 11 is 3.53. The van der Waals surface area contributed by atoms with E-state index in [1.807, 2.05) is 11.8 Å². The molecule has 1 aromatic carbocycles. The van der Waals surface area contributed by atoms with E-state index in [2.05, 4.69) is 41.6 Å². The number of ether oxygens (including phenoxy) is 1. The Morgan fingerprint density at radius 1 is 1.41 bits per heavy atom. The molecule has 0 spiro atoms. The maximum Gasteiger partial charge on any atom is 0.103 e. The molecule has 0 radical (unpaired) electrons. The molecule has 0 bridgehead atoms. The average Bonchev–Trinajstić information content (AvgIpc) is 2.75. The molecule has 0 saturated heterocycles. The van der Waals surface area contributed by atoms with Crippen molar-refractivity contribution in [1.29, 1.82) is 0 Å². The second-order valence-corrected chi connectivity index (χ2v) is 5.76. The minimum absolute atomic E-state index is 0.603. The molecule has 17 heavy (non-hydrogen) atoms. The van der Waals surface area contributed by atoms with E-state index < -0.39 is 0 Å². The summed E-state index contributed by atoms with van der Waals surface area (Å²) in [5.41, 5.74) is 2.33. The highest BCUT2D eigenvalue weighted by molar-refractivity contribution is 7.98. The molecular formula is C13H15NOS2. The summed E-state index contributed by atoms with van der Waals surface area (Å²) in [5.74, 6) is 0.928. The molecule has 0 aliphatic heterocycles. The number of thioether (sulfide) groups is 1. The van der Waals surface area contributed by atoms with E-state index in [0.717, 1.165) is 16.5 Å². The van der Waals surface area contributed by atoms with Crippen LogP contribution in [0.15, 0.2) is 34.5 Å². The number of methoxy groups -OCH3 is 1. The molecule has 90 valence electrons. The van der Waals surface area contributed by atoms with Gasteiger partial charge in [0.25, 0.3) is 0 Å². The number of rotatable bonds is 5. The Morgan fingerprint density at radius 3 is 3.06 bits per heavy atom. The zero-order valence-electron chi connectivity index (χ0n) is 9.97. The van der Waals surface area contributed by atoms with Gasteiger partial charge in [-0.2, -0.15) is 0 Å². The van der Waals surface area contributed by atoms with Crippen molar-refractivity contribution in [2.24, 2.45) is 0 Å². The highest BCUT2D eigenvalue weighted by Gasteiger charge is 2.02. The Balaban J connectivity index is 1.93. The van der Waals surface area contributed by atoms with Crippen molar-refractivity contribution in [3.05, 3.63) is 45.9 Å². The van der Waals surface area contributed by atoms with E-state index in [1.54, 1.807) is 18.4 Å². The second kappa shape index (κ2) is 6.19. The largest absolute Gasteiger partial charge is 0.378 e. The highest BCUT2D eigenvalue weighted by Crippen LogP contribution is 2.25. The number of hydrogen-bond donors (Lipinski definition) is 0. The summed E-state index contributed by atoms with van der Waals surface area (Å²) < 4.78 is 5.06. The Kier molecular flexibility index (Phi) is 4.59. The van der Waals surface area contributed by atoms with Crippen LogP contribution in [0.25, 0.3) is 0 Å². The van der Waals surface area contributed by atoms with Crippen LogP contribution in [0.3, 0.4) is 0 Å². The minimum Gasteiger partial charge on any atom is -0.378 e. The SMILES string of the molecule is COCc1csc(CSc2cccc(C)c2)n1. The van der Waals surface area contributed by atoms with E-state index >= 15 is 0 Å². The van der Waals surface area contributed by atoms with E-state index in [1.165, 1.54) is 10.5 Å². The lowest BCUT2D eigenvalue weighted by Gasteiger charge is -2.00. The predicted molar refractivity (Wildman–Crippen MR) is 73.6 cm³/mol. The molecule has 0 saturated carbocycles. The molecule has 1 heterocycles. The summed E-state index contributed by atoms with van der Waals surface area (Å²) in [7, 11) is 1.69. The van der Waals surface area contributed by atoms with Gasteiger partial charge in [0.15, 0.2) is 0 Å².